The number of fused-ring (bicyclic) bond motifs is 1. The van der Waals surface area contributed by atoms with Crippen molar-refractivity contribution in [1.82, 2.24) is 0 Å². The molecule has 1 aromatic rings. The summed E-state index contributed by atoms with van der Waals surface area (Å²) in [7, 11) is 0. The number of benzene rings is 1. The fourth-order valence-electron chi connectivity index (χ4n) is 4.38. The van der Waals surface area contributed by atoms with E-state index in [0.717, 1.165) is 25.7 Å². The lowest BCUT2D eigenvalue weighted by Gasteiger charge is -2.38. The number of hydrogen-bond acceptors (Lipinski definition) is 1. The molecule has 0 radical (unpaired) electrons. The Morgan fingerprint density at radius 2 is 1.55 bits per heavy atom. The summed E-state index contributed by atoms with van der Waals surface area (Å²) >= 11 is 2.46. The van der Waals surface area contributed by atoms with Gasteiger partial charge in [0.2, 0.25) is 0 Å². The molecule has 0 unspecified atom stereocenters. The molecule has 29 heavy (non-hydrogen) atoms. The Labute approximate surface area is 193 Å². The molecule has 1 aliphatic heterocycles. The SMILES string of the molecule is C/C(=C\CC[C@]1(C)CCc2c(C)c(C)c(C)c(C)c2O1)CC/C=C(\C)CCCI. The van der Waals surface area contributed by atoms with Crippen LogP contribution in [0, 0.1) is 27.7 Å². The van der Waals surface area contributed by atoms with E-state index >= 15 is 0 Å². The normalized spacial score (nSPS) is 19.9. The van der Waals surface area contributed by atoms with Crippen molar-refractivity contribution < 1.29 is 4.74 Å². The molecule has 2 heteroatoms. The van der Waals surface area contributed by atoms with Crippen LogP contribution in [0.4, 0.5) is 0 Å². The third kappa shape index (κ3) is 6.60. The summed E-state index contributed by atoms with van der Waals surface area (Å²) < 4.78 is 7.91. The van der Waals surface area contributed by atoms with Crippen molar-refractivity contribution >= 4 is 22.6 Å². The molecule has 2 rings (SSSR count). The molecule has 0 fully saturated rings. The lowest BCUT2D eigenvalue weighted by molar-refractivity contribution is 0.0560. The van der Waals surface area contributed by atoms with Gasteiger partial charge in [-0.05, 0) is 132 Å². The molecule has 1 aliphatic rings. The van der Waals surface area contributed by atoms with Crippen LogP contribution in [0.5, 0.6) is 5.75 Å². The fourth-order valence-corrected chi connectivity index (χ4v) is 4.76. The smallest absolute Gasteiger partial charge is 0.126 e. The van der Waals surface area contributed by atoms with Gasteiger partial charge < -0.3 is 4.74 Å². The van der Waals surface area contributed by atoms with E-state index < -0.39 is 0 Å². The van der Waals surface area contributed by atoms with Crippen molar-refractivity contribution in [2.75, 3.05) is 4.43 Å². The van der Waals surface area contributed by atoms with Crippen molar-refractivity contribution in [3.63, 3.8) is 0 Å². The minimum absolute atomic E-state index is 0.0430. The van der Waals surface area contributed by atoms with Crippen LogP contribution >= 0.6 is 22.6 Å². The van der Waals surface area contributed by atoms with Crippen molar-refractivity contribution in [3.05, 3.63) is 51.1 Å². The van der Waals surface area contributed by atoms with Gasteiger partial charge in [-0.15, -0.1) is 0 Å². The first kappa shape index (κ1) is 24.5. The highest BCUT2D eigenvalue weighted by Crippen LogP contribution is 2.42. The Morgan fingerprint density at radius 1 is 0.931 bits per heavy atom. The molecular weight excluding hydrogens is 467 g/mol. The summed E-state index contributed by atoms with van der Waals surface area (Å²) in [6.45, 7) is 15.8. The second kappa shape index (κ2) is 11.0. The highest BCUT2D eigenvalue weighted by atomic mass is 127. The van der Waals surface area contributed by atoms with Crippen molar-refractivity contribution in [3.8, 4) is 5.75 Å². The van der Waals surface area contributed by atoms with Gasteiger partial charge in [-0.25, -0.2) is 0 Å². The number of alkyl halides is 1. The molecule has 0 aromatic heterocycles. The summed E-state index contributed by atoms with van der Waals surface area (Å²) in [5, 5.41) is 0. The summed E-state index contributed by atoms with van der Waals surface area (Å²) in [4.78, 5) is 0. The van der Waals surface area contributed by atoms with Crippen LogP contribution in [0.25, 0.3) is 0 Å². The third-order valence-corrected chi connectivity index (χ3v) is 7.67. The molecule has 1 aromatic carbocycles. The second-order valence-electron chi connectivity index (χ2n) is 9.33. The Balaban J connectivity index is 1.92. The van der Waals surface area contributed by atoms with Gasteiger partial charge in [-0.1, -0.05) is 45.9 Å². The maximum atomic E-state index is 6.66. The van der Waals surface area contributed by atoms with Crippen molar-refractivity contribution in [2.24, 2.45) is 0 Å². The molecule has 0 saturated carbocycles. The van der Waals surface area contributed by atoms with E-state index in [9.17, 15) is 0 Å². The molecule has 0 saturated heterocycles. The standard InChI is InChI=1S/C27H41IO/c1-19(11-8-12-20(2)14-10-18-28)13-9-16-27(7)17-15-25-23(5)21(3)22(4)24(6)26(25)29-27/h12-13H,8-11,14-18H2,1-7H3/b19-13+,20-12+/t27-/m1/s1. The summed E-state index contributed by atoms with van der Waals surface area (Å²) in [5.41, 5.74) is 10.1. The average Bonchev–Trinajstić information content (AvgIpc) is 2.69. The topological polar surface area (TPSA) is 9.23 Å². The van der Waals surface area contributed by atoms with Gasteiger partial charge in [0.25, 0.3) is 0 Å². The molecule has 0 amide bonds. The van der Waals surface area contributed by atoms with Crippen molar-refractivity contribution in [1.29, 1.82) is 0 Å². The maximum absolute atomic E-state index is 6.66. The zero-order chi connectivity index (χ0) is 21.6. The van der Waals surface area contributed by atoms with E-state index in [-0.39, 0.29) is 5.60 Å². The zero-order valence-electron chi connectivity index (χ0n) is 19.8. The molecule has 0 N–H and O–H groups in total. The molecule has 1 atom stereocenters. The first-order chi connectivity index (χ1) is 13.7. The molecule has 0 spiro atoms. The Bertz CT molecular complexity index is 771. The summed E-state index contributed by atoms with van der Waals surface area (Å²) in [6.07, 6.45) is 14.2. The molecule has 0 bridgehead atoms. The Morgan fingerprint density at radius 3 is 2.24 bits per heavy atom. The first-order valence-electron chi connectivity index (χ1n) is 11.3. The monoisotopic (exact) mass is 508 g/mol. The van der Waals surface area contributed by atoms with E-state index in [1.807, 2.05) is 0 Å². The van der Waals surface area contributed by atoms with E-state index in [4.69, 9.17) is 4.74 Å². The molecule has 1 nitrogen and oxygen atoms in total. The quantitative estimate of drug-likeness (QED) is 0.184. The fraction of sp³-hybridized carbons (Fsp3) is 0.630. The van der Waals surface area contributed by atoms with Crippen LogP contribution < -0.4 is 4.74 Å². The van der Waals surface area contributed by atoms with Crippen molar-refractivity contribution in [2.45, 2.75) is 105 Å². The number of ether oxygens (including phenoxy) is 1. The van der Waals surface area contributed by atoms with Crippen LogP contribution in [0.2, 0.25) is 0 Å². The van der Waals surface area contributed by atoms with Crippen LogP contribution in [-0.4, -0.2) is 10.0 Å². The highest BCUT2D eigenvalue weighted by Gasteiger charge is 2.33. The molecule has 0 aliphatic carbocycles. The van der Waals surface area contributed by atoms with E-state index in [1.165, 1.54) is 69.3 Å². The minimum Gasteiger partial charge on any atom is -0.487 e. The van der Waals surface area contributed by atoms with E-state index in [1.54, 1.807) is 5.57 Å². The number of rotatable bonds is 9. The highest BCUT2D eigenvalue weighted by molar-refractivity contribution is 14.1. The predicted molar refractivity (Wildman–Crippen MR) is 137 cm³/mol. The van der Waals surface area contributed by atoms with E-state index in [0.29, 0.717) is 0 Å². The summed E-state index contributed by atoms with van der Waals surface area (Å²) in [5.74, 6) is 1.17. The molecule has 1 heterocycles. The van der Waals surface area contributed by atoms with Gasteiger partial charge in [0, 0.05) is 0 Å². The van der Waals surface area contributed by atoms with Crippen LogP contribution in [0.1, 0.15) is 93.5 Å². The molecular formula is C27H41IO. The predicted octanol–water partition coefficient (Wildman–Crippen LogP) is 8.67. The van der Waals surface area contributed by atoms with Crippen LogP contribution in [-0.2, 0) is 6.42 Å². The van der Waals surface area contributed by atoms with Gasteiger partial charge in [0.1, 0.15) is 11.4 Å². The maximum Gasteiger partial charge on any atom is 0.126 e. The van der Waals surface area contributed by atoms with Crippen LogP contribution in [0.3, 0.4) is 0 Å². The third-order valence-electron chi connectivity index (χ3n) is 6.91. The second-order valence-corrected chi connectivity index (χ2v) is 10.4. The summed E-state index contributed by atoms with van der Waals surface area (Å²) in [6, 6.07) is 0. The van der Waals surface area contributed by atoms with Crippen LogP contribution in [0.15, 0.2) is 23.3 Å². The minimum atomic E-state index is -0.0430. The first-order valence-corrected chi connectivity index (χ1v) is 12.9. The van der Waals surface area contributed by atoms with E-state index in [2.05, 4.69) is 83.2 Å². The van der Waals surface area contributed by atoms with Gasteiger partial charge >= 0.3 is 0 Å². The van der Waals surface area contributed by atoms with Gasteiger partial charge in [0.15, 0.2) is 0 Å². The zero-order valence-corrected chi connectivity index (χ0v) is 22.0. The van der Waals surface area contributed by atoms with Gasteiger partial charge in [-0.2, -0.15) is 0 Å². The number of halogens is 1. The largest absolute Gasteiger partial charge is 0.487 e. The number of hydrogen-bond donors (Lipinski definition) is 0. The lowest BCUT2D eigenvalue weighted by Crippen LogP contribution is -2.37. The van der Waals surface area contributed by atoms with Gasteiger partial charge in [0.05, 0.1) is 0 Å². The average molecular weight is 509 g/mol. The Hall–Kier alpha value is -0.770. The van der Waals surface area contributed by atoms with Gasteiger partial charge in [-0.3, -0.25) is 0 Å². The number of allylic oxidation sites excluding steroid dienone is 4. The lowest BCUT2D eigenvalue weighted by atomic mass is 9.83. The molecule has 162 valence electrons. The Kier molecular flexibility index (Phi) is 9.31.